The Morgan fingerprint density at radius 2 is 1.87 bits per heavy atom. The smallest absolute Gasteiger partial charge is 0.237 e. The number of rotatable bonds is 5. The first-order valence-corrected chi connectivity index (χ1v) is 12.3. The normalized spacial score (nSPS) is 18.4. The molecule has 5 rings (SSSR count). The van der Waals surface area contributed by atoms with Gasteiger partial charge in [-0.05, 0) is 64.6 Å². The minimum atomic E-state index is 0.0500. The first-order valence-electron chi connectivity index (χ1n) is 10.5. The van der Waals surface area contributed by atoms with Crippen LogP contribution in [-0.2, 0) is 24.2 Å². The van der Waals surface area contributed by atoms with Crippen molar-refractivity contribution in [1.29, 1.82) is 0 Å². The van der Waals surface area contributed by atoms with Gasteiger partial charge in [-0.15, -0.1) is 22.7 Å². The van der Waals surface area contributed by atoms with E-state index in [2.05, 4.69) is 46.0 Å². The summed E-state index contributed by atoms with van der Waals surface area (Å²) in [6, 6.07) is 10.6. The van der Waals surface area contributed by atoms with Gasteiger partial charge in [-0.1, -0.05) is 6.07 Å². The highest BCUT2D eigenvalue weighted by Gasteiger charge is 2.33. The molecule has 0 bridgehead atoms. The van der Waals surface area contributed by atoms with Crippen LogP contribution in [0.3, 0.4) is 0 Å². The van der Waals surface area contributed by atoms with E-state index in [9.17, 15) is 4.79 Å². The van der Waals surface area contributed by atoms with E-state index in [0.717, 1.165) is 44.0 Å². The second-order valence-electron chi connectivity index (χ2n) is 7.98. The summed E-state index contributed by atoms with van der Waals surface area (Å²) in [7, 11) is 3.34. The number of ether oxygens (including phenoxy) is 2. The van der Waals surface area contributed by atoms with Gasteiger partial charge in [0.05, 0.1) is 26.8 Å². The highest BCUT2D eigenvalue weighted by Crippen LogP contribution is 2.42. The molecule has 162 valence electrons. The number of amides is 1. The van der Waals surface area contributed by atoms with Crippen molar-refractivity contribution in [3.05, 3.63) is 67.5 Å². The fourth-order valence-corrected chi connectivity index (χ4v) is 6.45. The van der Waals surface area contributed by atoms with Gasteiger partial charge in [-0.2, -0.15) is 0 Å². The molecule has 2 aliphatic heterocycles. The fourth-order valence-electron chi connectivity index (χ4n) is 4.68. The molecule has 0 saturated heterocycles. The van der Waals surface area contributed by atoms with Gasteiger partial charge in [0, 0.05) is 29.4 Å². The average Bonchev–Trinajstić information content (AvgIpc) is 3.49. The van der Waals surface area contributed by atoms with Crippen molar-refractivity contribution >= 4 is 28.6 Å². The third kappa shape index (κ3) is 3.86. The Bertz CT molecular complexity index is 1080. The highest BCUT2D eigenvalue weighted by atomic mass is 32.1. The Balaban J connectivity index is 1.43. The van der Waals surface area contributed by atoms with E-state index >= 15 is 0 Å². The summed E-state index contributed by atoms with van der Waals surface area (Å²) in [5.41, 5.74) is 3.78. The number of nitrogens with zero attached hydrogens (tertiary/aromatic N) is 2. The summed E-state index contributed by atoms with van der Waals surface area (Å²) in [4.78, 5) is 20.3. The number of benzene rings is 1. The van der Waals surface area contributed by atoms with E-state index in [0.29, 0.717) is 6.54 Å². The van der Waals surface area contributed by atoms with Crippen molar-refractivity contribution in [3.8, 4) is 11.5 Å². The van der Waals surface area contributed by atoms with Gasteiger partial charge in [0.25, 0.3) is 0 Å². The summed E-state index contributed by atoms with van der Waals surface area (Å²) in [5.74, 6) is 1.70. The predicted molar refractivity (Wildman–Crippen MR) is 124 cm³/mol. The third-order valence-corrected chi connectivity index (χ3v) is 8.23. The fraction of sp³-hybridized carbons (Fsp3) is 0.375. The maximum Gasteiger partial charge on any atom is 0.237 e. The zero-order valence-corrected chi connectivity index (χ0v) is 19.4. The zero-order chi connectivity index (χ0) is 21.4. The van der Waals surface area contributed by atoms with Crippen LogP contribution in [0, 0.1) is 0 Å². The first-order chi connectivity index (χ1) is 15.2. The molecule has 1 atom stereocenters. The van der Waals surface area contributed by atoms with E-state index in [4.69, 9.17) is 9.47 Å². The lowest BCUT2D eigenvalue weighted by atomic mass is 9.90. The molecule has 0 aliphatic carbocycles. The minimum Gasteiger partial charge on any atom is -0.493 e. The van der Waals surface area contributed by atoms with E-state index in [-0.39, 0.29) is 11.9 Å². The van der Waals surface area contributed by atoms with Gasteiger partial charge in [-0.3, -0.25) is 9.69 Å². The SMILES string of the molecule is COc1cc2c(cc1OC)C(c1cccs1)N(CC(=O)N1CCc3sccc3C1)CC2. The second-order valence-corrected chi connectivity index (χ2v) is 9.96. The van der Waals surface area contributed by atoms with Crippen LogP contribution in [0.4, 0.5) is 0 Å². The van der Waals surface area contributed by atoms with Gasteiger partial charge in [0.2, 0.25) is 5.91 Å². The minimum absolute atomic E-state index is 0.0500. The predicted octanol–water partition coefficient (Wildman–Crippen LogP) is 4.36. The summed E-state index contributed by atoms with van der Waals surface area (Å²) in [6.07, 6.45) is 1.85. The molecule has 7 heteroatoms. The molecule has 2 aliphatic rings. The Kier molecular flexibility index (Phi) is 5.73. The Labute approximate surface area is 190 Å². The van der Waals surface area contributed by atoms with Crippen LogP contribution in [-0.4, -0.2) is 49.6 Å². The van der Waals surface area contributed by atoms with Crippen LogP contribution in [0.2, 0.25) is 0 Å². The summed E-state index contributed by atoms with van der Waals surface area (Å²) in [6.45, 7) is 2.81. The Morgan fingerprint density at radius 1 is 1.03 bits per heavy atom. The van der Waals surface area contributed by atoms with Crippen LogP contribution < -0.4 is 9.47 Å². The molecular weight excluding hydrogens is 428 g/mol. The maximum absolute atomic E-state index is 13.3. The number of carbonyl (C=O) groups is 1. The van der Waals surface area contributed by atoms with Gasteiger partial charge in [0.1, 0.15) is 0 Å². The van der Waals surface area contributed by atoms with Gasteiger partial charge >= 0.3 is 0 Å². The average molecular weight is 455 g/mol. The van der Waals surface area contributed by atoms with Crippen molar-refractivity contribution in [3.63, 3.8) is 0 Å². The first kappa shape index (κ1) is 20.5. The lowest BCUT2D eigenvalue weighted by Crippen LogP contribution is -2.45. The van der Waals surface area contributed by atoms with Crippen LogP contribution in [0.15, 0.2) is 41.1 Å². The molecule has 0 N–H and O–H groups in total. The molecule has 31 heavy (non-hydrogen) atoms. The highest BCUT2D eigenvalue weighted by molar-refractivity contribution is 7.10. The zero-order valence-electron chi connectivity index (χ0n) is 17.8. The molecule has 2 aromatic heterocycles. The molecule has 0 fully saturated rings. The topological polar surface area (TPSA) is 42.0 Å². The Hall–Kier alpha value is -2.35. The molecule has 4 heterocycles. The molecular formula is C24H26N2O3S2. The molecule has 1 aromatic carbocycles. The van der Waals surface area contributed by atoms with Crippen LogP contribution in [0.25, 0.3) is 0 Å². The number of carbonyl (C=O) groups excluding carboxylic acids is 1. The standard InChI is InChI=1S/C24H26N2O3S2/c1-28-19-12-16-5-8-26(15-23(27)25-9-6-21-17(14-25)7-11-31-21)24(22-4-3-10-30-22)18(16)13-20(19)29-2/h3-4,7,10-13,24H,5-6,8-9,14-15H2,1-2H3. The van der Waals surface area contributed by atoms with Gasteiger partial charge in [-0.25, -0.2) is 0 Å². The van der Waals surface area contributed by atoms with Crippen molar-refractivity contribution in [2.24, 2.45) is 0 Å². The van der Waals surface area contributed by atoms with Crippen molar-refractivity contribution in [1.82, 2.24) is 9.80 Å². The van der Waals surface area contributed by atoms with E-state index in [1.807, 2.05) is 4.90 Å². The van der Waals surface area contributed by atoms with Gasteiger partial charge in [0.15, 0.2) is 11.5 Å². The molecule has 0 spiro atoms. The van der Waals surface area contributed by atoms with Gasteiger partial charge < -0.3 is 14.4 Å². The number of thiophene rings is 2. The summed E-state index contributed by atoms with van der Waals surface area (Å²) in [5, 5.41) is 4.24. The summed E-state index contributed by atoms with van der Waals surface area (Å²) >= 11 is 3.54. The molecule has 1 amide bonds. The molecule has 1 unspecified atom stereocenters. The third-order valence-electron chi connectivity index (χ3n) is 6.28. The monoisotopic (exact) mass is 454 g/mol. The number of fused-ring (bicyclic) bond motifs is 2. The number of hydrogen-bond acceptors (Lipinski definition) is 6. The van der Waals surface area contributed by atoms with E-state index in [1.54, 1.807) is 36.9 Å². The van der Waals surface area contributed by atoms with E-state index in [1.165, 1.54) is 26.4 Å². The number of methoxy groups -OCH3 is 2. The lowest BCUT2D eigenvalue weighted by Gasteiger charge is -2.38. The lowest BCUT2D eigenvalue weighted by molar-refractivity contribution is -0.133. The second kappa shape index (κ2) is 8.65. The molecule has 5 nitrogen and oxygen atoms in total. The number of hydrogen-bond donors (Lipinski definition) is 0. The van der Waals surface area contributed by atoms with Crippen molar-refractivity contribution < 1.29 is 14.3 Å². The van der Waals surface area contributed by atoms with Crippen LogP contribution in [0.5, 0.6) is 11.5 Å². The Morgan fingerprint density at radius 3 is 2.65 bits per heavy atom. The molecule has 0 saturated carbocycles. The quantitative estimate of drug-likeness (QED) is 0.575. The van der Waals surface area contributed by atoms with Crippen LogP contribution >= 0.6 is 22.7 Å². The molecule has 3 aromatic rings. The summed E-state index contributed by atoms with van der Waals surface area (Å²) < 4.78 is 11.1. The molecule has 0 radical (unpaired) electrons. The van der Waals surface area contributed by atoms with Crippen LogP contribution in [0.1, 0.15) is 32.5 Å². The van der Waals surface area contributed by atoms with E-state index < -0.39 is 0 Å². The van der Waals surface area contributed by atoms with Crippen molar-refractivity contribution in [2.45, 2.75) is 25.4 Å². The largest absolute Gasteiger partial charge is 0.493 e. The van der Waals surface area contributed by atoms with Crippen molar-refractivity contribution in [2.75, 3.05) is 33.9 Å². The maximum atomic E-state index is 13.3.